The smallest absolute Gasteiger partial charge is 0.124 e. The Bertz CT molecular complexity index is 648. The van der Waals surface area contributed by atoms with E-state index >= 15 is 0 Å². The van der Waals surface area contributed by atoms with Crippen molar-refractivity contribution >= 4 is 12.3 Å². The van der Waals surface area contributed by atoms with E-state index < -0.39 is 0 Å². The van der Waals surface area contributed by atoms with Crippen molar-refractivity contribution in [1.29, 1.82) is 0 Å². The summed E-state index contributed by atoms with van der Waals surface area (Å²) in [6, 6.07) is 13.9. The third-order valence-corrected chi connectivity index (χ3v) is 2.72. The first-order valence-electron chi connectivity index (χ1n) is 6.18. The van der Waals surface area contributed by atoms with Crippen LogP contribution in [0.15, 0.2) is 59.2 Å². The van der Waals surface area contributed by atoms with Crippen molar-refractivity contribution in [2.75, 3.05) is 6.54 Å². The molecule has 0 aromatic heterocycles. The first-order chi connectivity index (χ1) is 9.66. The van der Waals surface area contributed by atoms with Crippen LogP contribution in [0.1, 0.15) is 11.1 Å². The second-order valence-electron chi connectivity index (χ2n) is 4.31. The predicted octanol–water partition coefficient (Wildman–Crippen LogP) is 2.52. The molecule has 2 rings (SSSR count). The molecule has 102 valence electrons. The Hall–Kier alpha value is -2.75. The van der Waals surface area contributed by atoms with Gasteiger partial charge >= 0.3 is 0 Å². The summed E-state index contributed by atoms with van der Waals surface area (Å²) in [6.45, 7) is 0.294. The number of benzene rings is 2. The average Bonchev–Trinajstić information content (AvgIpc) is 2.43. The van der Waals surface area contributed by atoms with E-state index in [1.807, 2.05) is 12.1 Å². The van der Waals surface area contributed by atoms with Crippen LogP contribution < -0.4 is 5.73 Å². The van der Waals surface area contributed by atoms with E-state index in [2.05, 4.69) is 4.99 Å². The van der Waals surface area contributed by atoms with Crippen molar-refractivity contribution in [3.8, 4) is 11.5 Å². The van der Waals surface area contributed by atoms with Crippen LogP contribution in [0.25, 0.3) is 6.08 Å². The molecular weight excluding hydrogens is 252 g/mol. The standard InChI is InChI=1S/C16H16N2O2/c17-14(9-12-5-1-3-7-15(12)19)11-18-10-13-6-2-4-8-16(13)20/h1-10,19-20H,11,17H2/b14-9-,18-10?. The van der Waals surface area contributed by atoms with Crippen LogP contribution in [0.4, 0.5) is 0 Å². The summed E-state index contributed by atoms with van der Waals surface area (Å²) in [5.74, 6) is 0.361. The maximum absolute atomic E-state index is 9.63. The quantitative estimate of drug-likeness (QED) is 0.745. The summed E-state index contributed by atoms with van der Waals surface area (Å²) in [5.41, 5.74) is 7.67. The van der Waals surface area contributed by atoms with Gasteiger partial charge in [0.1, 0.15) is 11.5 Å². The van der Waals surface area contributed by atoms with Crippen LogP contribution in [0.5, 0.6) is 11.5 Å². The lowest BCUT2D eigenvalue weighted by atomic mass is 10.1. The van der Waals surface area contributed by atoms with Gasteiger partial charge in [-0.1, -0.05) is 30.3 Å². The molecule has 0 aliphatic rings. The van der Waals surface area contributed by atoms with Gasteiger partial charge in [0, 0.05) is 23.0 Å². The number of nitrogens with two attached hydrogens (primary N) is 1. The number of rotatable bonds is 4. The van der Waals surface area contributed by atoms with Gasteiger partial charge in [-0.25, -0.2) is 0 Å². The summed E-state index contributed by atoms with van der Waals surface area (Å²) in [6.07, 6.45) is 3.25. The number of phenols is 2. The molecule has 0 aliphatic carbocycles. The summed E-state index contributed by atoms with van der Waals surface area (Å²) >= 11 is 0. The van der Waals surface area contributed by atoms with E-state index in [9.17, 15) is 10.2 Å². The van der Waals surface area contributed by atoms with Gasteiger partial charge in [0.15, 0.2) is 0 Å². The number of hydrogen-bond acceptors (Lipinski definition) is 4. The molecule has 2 aromatic rings. The fourth-order valence-corrected chi connectivity index (χ4v) is 1.70. The molecule has 2 aromatic carbocycles. The van der Waals surface area contributed by atoms with Crippen LogP contribution in [-0.4, -0.2) is 23.0 Å². The Balaban J connectivity index is 2.04. The molecule has 4 nitrogen and oxygen atoms in total. The lowest BCUT2D eigenvalue weighted by molar-refractivity contribution is 0.473. The van der Waals surface area contributed by atoms with Gasteiger partial charge in [0.05, 0.1) is 6.54 Å². The largest absolute Gasteiger partial charge is 0.507 e. The lowest BCUT2D eigenvalue weighted by Gasteiger charge is -2.01. The molecule has 0 aliphatic heterocycles. The third kappa shape index (κ3) is 3.62. The van der Waals surface area contributed by atoms with E-state index in [-0.39, 0.29) is 11.5 Å². The minimum absolute atomic E-state index is 0.180. The molecule has 0 fully saturated rings. The zero-order valence-electron chi connectivity index (χ0n) is 10.9. The Morgan fingerprint density at radius 3 is 2.10 bits per heavy atom. The predicted molar refractivity (Wildman–Crippen MR) is 80.8 cm³/mol. The summed E-state index contributed by atoms with van der Waals surface area (Å²) in [4.78, 5) is 4.17. The number of aromatic hydroxyl groups is 2. The van der Waals surface area contributed by atoms with E-state index in [0.717, 1.165) is 0 Å². The van der Waals surface area contributed by atoms with Crippen molar-refractivity contribution in [3.63, 3.8) is 0 Å². The highest BCUT2D eigenvalue weighted by Gasteiger charge is 1.98. The molecule has 4 N–H and O–H groups in total. The molecule has 0 spiro atoms. The maximum Gasteiger partial charge on any atom is 0.124 e. The van der Waals surface area contributed by atoms with E-state index in [1.54, 1.807) is 48.7 Å². The van der Waals surface area contributed by atoms with Gasteiger partial charge in [-0.3, -0.25) is 4.99 Å². The average molecular weight is 268 g/mol. The van der Waals surface area contributed by atoms with E-state index in [4.69, 9.17) is 5.73 Å². The molecule has 0 saturated heterocycles. The van der Waals surface area contributed by atoms with Gasteiger partial charge in [0.2, 0.25) is 0 Å². The van der Waals surface area contributed by atoms with Crippen LogP contribution >= 0.6 is 0 Å². The van der Waals surface area contributed by atoms with Crippen LogP contribution in [0, 0.1) is 0 Å². The molecule has 4 heteroatoms. The van der Waals surface area contributed by atoms with Crippen molar-refractivity contribution in [2.24, 2.45) is 10.7 Å². The molecule has 0 radical (unpaired) electrons. The minimum atomic E-state index is 0.180. The fraction of sp³-hybridized carbons (Fsp3) is 0.0625. The highest BCUT2D eigenvalue weighted by Crippen LogP contribution is 2.18. The molecule has 0 saturated carbocycles. The molecule has 0 unspecified atom stereocenters. The highest BCUT2D eigenvalue weighted by molar-refractivity contribution is 5.83. The second-order valence-corrected chi connectivity index (χ2v) is 4.31. The summed E-state index contributed by atoms with van der Waals surface area (Å²) in [5, 5.41) is 19.2. The third-order valence-electron chi connectivity index (χ3n) is 2.72. The Morgan fingerprint density at radius 1 is 0.950 bits per heavy atom. The van der Waals surface area contributed by atoms with Crippen molar-refractivity contribution in [3.05, 3.63) is 65.4 Å². The van der Waals surface area contributed by atoms with Gasteiger partial charge < -0.3 is 15.9 Å². The van der Waals surface area contributed by atoms with Gasteiger partial charge in [-0.05, 0) is 24.3 Å². The normalized spacial score (nSPS) is 11.9. The van der Waals surface area contributed by atoms with Gasteiger partial charge in [-0.15, -0.1) is 0 Å². The first kappa shape index (κ1) is 13.7. The fourth-order valence-electron chi connectivity index (χ4n) is 1.70. The van der Waals surface area contributed by atoms with Crippen molar-refractivity contribution < 1.29 is 10.2 Å². The number of aliphatic imine (C=N–C) groups is 1. The highest BCUT2D eigenvalue weighted by atomic mass is 16.3. The summed E-state index contributed by atoms with van der Waals surface area (Å²) in [7, 11) is 0. The minimum Gasteiger partial charge on any atom is -0.507 e. The Kier molecular flexibility index (Phi) is 4.39. The lowest BCUT2D eigenvalue weighted by Crippen LogP contribution is -2.01. The van der Waals surface area contributed by atoms with Crippen LogP contribution in [0.3, 0.4) is 0 Å². The topological polar surface area (TPSA) is 78.8 Å². The molecule has 0 atom stereocenters. The molecular formula is C16H16N2O2. The van der Waals surface area contributed by atoms with Crippen molar-refractivity contribution in [1.82, 2.24) is 0 Å². The zero-order valence-corrected chi connectivity index (χ0v) is 10.9. The number of phenolic OH excluding ortho intramolecular Hbond substituents is 2. The van der Waals surface area contributed by atoms with Gasteiger partial charge in [-0.2, -0.15) is 0 Å². The van der Waals surface area contributed by atoms with E-state index in [0.29, 0.717) is 23.4 Å². The zero-order chi connectivity index (χ0) is 14.4. The number of nitrogens with zero attached hydrogens (tertiary/aromatic N) is 1. The molecule has 20 heavy (non-hydrogen) atoms. The monoisotopic (exact) mass is 268 g/mol. The van der Waals surface area contributed by atoms with E-state index in [1.165, 1.54) is 0 Å². The van der Waals surface area contributed by atoms with Crippen LogP contribution in [-0.2, 0) is 0 Å². The Labute approximate surface area is 117 Å². The SMILES string of the molecule is N/C(=C\c1ccccc1O)CN=Cc1ccccc1O. The maximum atomic E-state index is 9.63. The first-order valence-corrected chi connectivity index (χ1v) is 6.18. The van der Waals surface area contributed by atoms with Gasteiger partial charge in [0.25, 0.3) is 0 Å². The Morgan fingerprint density at radius 2 is 1.50 bits per heavy atom. The summed E-state index contributed by atoms with van der Waals surface area (Å²) < 4.78 is 0. The number of hydrogen-bond donors (Lipinski definition) is 3. The van der Waals surface area contributed by atoms with Crippen LogP contribution in [0.2, 0.25) is 0 Å². The molecule has 0 bridgehead atoms. The second kappa shape index (κ2) is 6.43. The van der Waals surface area contributed by atoms with Crippen molar-refractivity contribution in [2.45, 2.75) is 0 Å². The molecule has 0 amide bonds. The number of para-hydroxylation sites is 2. The molecule has 0 heterocycles.